The van der Waals surface area contributed by atoms with Gasteiger partial charge in [-0.25, -0.2) is 0 Å². The zero-order chi connectivity index (χ0) is 18.3. The first-order chi connectivity index (χ1) is 11.8. The molecule has 0 fully saturated rings. The highest BCUT2D eigenvalue weighted by Gasteiger charge is 2.35. The standard InChI is InChI=1S/C17H20N6O2/c1-5-6-23-7-11(8(2)22-23)13-12(10(4)24)9(3)19-15-14(13)16(25)21-17(18)20-15/h5,7,13H,1,6H2,2-4H3,(H4,18,19,20,21,25). The van der Waals surface area contributed by atoms with Crippen molar-refractivity contribution in [1.29, 1.82) is 0 Å². The van der Waals surface area contributed by atoms with E-state index in [9.17, 15) is 9.59 Å². The van der Waals surface area contributed by atoms with Gasteiger partial charge >= 0.3 is 0 Å². The maximum absolute atomic E-state index is 12.6. The zero-order valence-corrected chi connectivity index (χ0v) is 14.4. The molecule has 130 valence electrons. The van der Waals surface area contributed by atoms with Gasteiger partial charge in [0.1, 0.15) is 5.82 Å². The zero-order valence-electron chi connectivity index (χ0n) is 14.4. The molecular formula is C17H20N6O2. The van der Waals surface area contributed by atoms with Crippen LogP contribution >= 0.6 is 0 Å². The number of hydrogen-bond acceptors (Lipinski definition) is 6. The van der Waals surface area contributed by atoms with Crippen molar-refractivity contribution >= 4 is 17.5 Å². The van der Waals surface area contributed by atoms with Crippen LogP contribution in [0.15, 0.2) is 34.9 Å². The number of allylic oxidation sites excluding steroid dienone is 3. The van der Waals surface area contributed by atoms with E-state index >= 15 is 0 Å². The monoisotopic (exact) mass is 340 g/mol. The number of Topliss-reactive ketones (excluding diaryl/α,β-unsaturated/α-hetero) is 1. The fourth-order valence-electron chi connectivity index (χ4n) is 3.29. The van der Waals surface area contributed by atoms with E-state index in [0.717, 1.165) is 11.3 Å². The van der Waals surface area contributed by atoms with Gasteiger partial charge in [0, 0.05) is 23.0 Å². The average molecular weight is 340 g/mol. The Kier molecular flexibility index (Phi) is 4.03. The van der Waals surface area contributed by atoms with Crippen LogP contribution in [0, 0.1) is 6.92 Å². The first kappa shape index (κ1) is 16.7. The Balaban J connectivity index is 2.30. The van der Waals surface area contributed by atoms with Crippen LogP contribution in [0.2, 0.25) is 0 Å². The number of hydrogen-bond donors (Lipinski definition) is 3. The van der Waals surface area contributed by atoms with Crippen molar-refractivity contribution in [3.63, 3.8) is 0 Å². The van der Waals surface area contributed by atoms with E-state index in [-0.39, 0.29) is 17.3 Å². The average Bonchev–Trinajstić information content (AvgIpc) is 2.85. The number of nitrogens with zero attached hydrogens (tertiary/aromatic N) is 3. The maximum atomic E-state index is 12.6. The third-order valence-corrected chi connectivity index (χ3v) is 4.25. The predicted molar refractivity (Wildman–Crippen MR) is 95.3 cm³/mol. The van der Waals surface area contributed by atoms with Crippen LogP contribution in [0.3, 0.4) is 0 Å². The molecule has 2 aromatic rings. The number of nitrogen functional groups attached to an aromatic ring is 1. The number of nitrogens with one attached hydrogen (secondary N) is 2. The lowest BCUT2D eigenvalue weighted by Crippen LogP contribution is -2.30. The Bertz CT molecular complexity index is 966. The number of aromatic amines is 1. The molecule has 1 unspecified atom stereocenters. The minimum absolute atomic E-state index is 0.0214. The van der Waals surface area contributed by atoms with Gasteiger partial charge in [-0.15, -0.1) is 6.58 Å². The van der Waals surface area contributed by atoms with Crippen molar-refractivity contribution in [3.05, 3.63) is 57.3 Å². The van der Waals surface area contributed by atoms with Crippen LogP contribution in [-0.2, 0) is 11.3 Å². The molecule has 1 aliphatic heterocycles. The molecule has 4 N–H and O–H groups in total. The van der Waals surface area contributed by atoms with Crippen LogP contribution in [0.25, 0.3) is 0 Å². The molecule has 2 aromatic heterocycles. The Morgan fingerprint density at radius 3 is 2.84 bits per heavy atom. The summed E-state index contributed by atoms with van der Waals surface area (Å²) < 4.78 is 1.73. The van der Waals surface area contributed by atoms with Crippen molar-refractivity contribution in [3.8, 4) is 0 Å². The molecule has 0 radical (unpaired) electrons. The molecule has 3 heterocycles. The van der Waals surface area contributed by atoms with Crippen molar-refractivity contribution < 1.29 is 4.79 Å². The van der Waals surface area contributed by atoms with E-state index in [4.69, 9.17) is 5.73 Å². The van der Waals surface area contributed by atoms with Gasteiger partial charge in [0.25, 0.3) is 5.56 Å². The fourth-order valence-corrected chi connectivity index (χ4v) is 3.29. The molecule has 1 atom stereocenters. The molecule has 8 nitrogen and oxygen atoms in total. The lowest BCUT2D eigenvalue weighted by Gasteiger charge is -2.28. The molecule has 0 amide bonds. The second-order valence-electron chi connectivity index (χ2n) is 6.05. The number of rotatable bonds is 4. The van der Waals surface area contributed by atoms with Crippen molar-refractivity contribution in [1.82, 2.24) is 19.7 Å². The SMILES string of the molecule is C=CCn1cc(C2C(C(C)=O)=C(C)Nc3nc(N)[nH]c(=O)c32)c(C)n1. The van der Waals surface area contributed by atoms with Gasteiger partial charge in [0.2, 0.25) is 5.95 Å². The summed E-state index contributed by atoms with van der Waals surface area (Å²) in [6, 6.07) is 0. The number of carbonyl (C=O) groups is 1. The molecule has 0 spiro atoms. The summed E-state index contributed by atoms with van der Waals surface area (Å²) in [4.78, 5) is 31.6. The smallest absolute Gasteiger partial charge is 0.258 e. The first-order valence-electron chi connectivity index (χ1n) is 7.86. The van der Waals surface area contributed by atoms with Crippen LogP contribution in [-0.4, -0.2) is 25.5 Å². The normalized spacial score (nSPS) is 16.4. The van der Waals surface area contributed by atoms with Crippen LogP contribution in [0.5, 0.6) is 0 Å². The Morgan fingerprint density at radius 1 is 1.48 bits per heavy atom. The quantitative estimate of drug-likeness (QED) is 0.725. The molecule has 0 aromatic carbocycles. The summed E-state index contributed by atoms with van der Waals surface area (Å²) in [6.45, 7) is 9.37. The molecule has 3 rings (SSSR count). The molecule has 25 heavy (non-hydrogen) atoms. The Morgan fingerprint density at radius 2 is 2.20 bits per heavy atom. The number of carbonyl (C=O) groups excluding carboxylic acids is 1. The second kappa shape index (κ2) is 6.04. The van der Waals surface area contributed by atoms with Gasteiger partial charge in [-0.2, -0.15) is 10.1 Å². The number of anilines is 2. The number of aryl methyl sites for hydroxylation is 1. The number of ketones is 1. The van der Waals surface area contributed by atoms with Gasteiger partial charge in [0.05, 0.1) is 23.7 Å². The van der Waals surface area contributed by atoms with E-state index in [1.807, 2.05) is 13.1 Å². The highest BCUT2D eigenvalue weighted by atomic mass is 16.1. The van der Waals surface area contributed by atoms with Crippen LogP contribution in [0.1, 0.15) is 36.6 Å². The highest BCUT2D eigenvalue weighted by Crippen LogP contribution is 2.40. The summed E-state index contributed by atoms with van der Waals surface area (Å²) in [5, 5.41) is 7.48. The number of aromatic nitrogens is 4. The lowest BCUT2D eigenvalue weighted by atomic mass is 9.81. The lowest BCUT2D eigenvalue weighted by molar-refractivity contribution is -0.113. The minimum atomic E-state index is -0.552. The molecule has 1 aliphatic rings. The number of H-pyrrole nitrogens is 1. The Labute approximate surface area is 144 Å². The summed E-state index contributed by atoms with van der Waals surface area (Å²) in [5.74, 6) is -0.283. The predicted octanol–water partition coefficient (Wildman–Crippen LogP) is 1.46. The molecule has 8 heteroatoms. The van der Waals surface area contributed by atoms with E-state index in [1.165, 1.54) is 6.92 Å². The van der Waals surface area contributed by atoms with Gasteiger partial charge < -0.3 is 11.1 Å². The number of fused-ring (bicyclic) bond motifs is 1. The minimum Gasteiger partial charge on any atom is -0.369 e. The molecule has 0 saturated carbocycles. The third-order valence-electron chi connectivity index (χ3n) is 4.25. The van der Waals surface area contributed by atoms with Crippen LogP contribution < -0.4 is 16.6 Å². The fraction of sp³-hybridized carbons (Fsp3) is 0.294. The summed E-state index contributed by atoms with van der Waals surface area (Å²) in [7, 11) is 0. The molecular weight excluding hydrogens is 320 g/mol. The summed E-state index contributed by atoms with van der Waals surface area (Å²) >= 11 is 0. The maximum Gasteiger partial charge on any atom is 0.258 e. The van der Waals surface area contributed by atoms with E-state index < -0.39 is 5.92 Å². The second-order valence-corrected chi connectivity index (χ2v) is 6.05. The molecule has 0 aliphatic carbocycles. The summed E-state index contributed by atoms with van der Waals surface area (Å²) in [6.07, 6.45) is 3.57. The third kappa shape index (κ3) is 2.75. The van der Waals surface area contributed by atoms with Gasteiger partial charge in [-0.1, -0.05) is 6.08 Å². The van der Waals surface area contributed by atoms with E-state index in [2.05, 4.69) is 27.0 Å². The van der Waals surface area contributed by atoms with Crippen LogP contribution in [0.4, 0.5) is 11.8 Å². The Hall–Kier alpha value is -3.16. The van der Waals surface area contributed by atoms with Gasteiger partial charge in [-0.3, -0.25) is 19.3 Å². The molecule has 0 saturated heterocycles. The first-order valence-corrected chi connectivity index (χ1v) is 7.86. The van der Waals surface area contributed by atoms with E-state index in [0.29, 0.717) is 29.2 Å². The largest absolute Gasteiger partial charge is 0.369 e. The highest BCUT2D eigenvalue weighted by molar-refractivity contribution is 5.98. The molecule has 0 bridgehead atoms. The van der Waals surface area contributed by atoms with Crippen molar-refractivity contribution in [2.75, 3.05) is 11.1 Å². The number of nitrogens with two attached hydrogens (primary N) is 1. The van der Waals surface area contributed by atoms with Crippen molar-refractivity contribution in [2.45, 2.75) is 33.2 Å². The topological polar surface area (TPSA) is 119 Å². The van der Waals surface area contributed by atoms with Gasteiger partial charge in [0.15, 0.2) is 5.78 Å². The van der Waals surface area contributed by atoms with E-state index in [1.54, 1.807) is 17.7 Å². The van der Waals surface area contributed by atoms with Gasteiger partial charge in [-0.05, 0) is 20.8 Å². The van der Waals surface area contributed by atoms with Crippen molar-refractivity contribution in [2.24, 2.45) is 0 Å². The summed E-state index contributed by atoms with van der Waals surface area (Å²) in [5.41, 5.74) is 8.35.